The van der Waals surface area contributed by atoms with Gasteiger partial charge in [0.25, 0.3) is 0 Å². The van der Waals surface area contributed by atoms with Crippen molar-refractivity contribution in [3.63, 3.8) is 0 Å². The van der Waals surface area contributed by atoms with Crippen LogP contribution < -0.4 is 10.2 Å². The molecule has 0 aliphatic carbocycles. The number of anilines is 1. The number of piperidine rings is 1. The number of nitrogens with zero attached hydrogens (tertiary/aromatic N) is 3. The molecule has 0 amide bonds. The normalized spacial score (nSPS) is 24.8. The largest absolute Gasteiger partial charge is 0.407 e. The second-order valence-electron chi connectivity index (χ2n) is 5.70. The van der Waals surface area contributed by atoms with E-state index in [-0.39, 0.29) is 0 Å². The Morgan fingerprint density at radius 1 is 1.33 bits per heavy atom. The predicted octanol–water partition coefficient (Wildman–Crippen LogP) is 2.19. The number of hydrogen-bond acceptors (Lipinski definition) is 5. The van der Waals surface area contributed by atoms with E-state index in [4.69, 9.17) is 4.42 Å². The lowest BCUT2D eigenvalue weighted by Gasteiger charge is -2.35. The van der Waals surface area contributed by atoms with Crippen molar-refractivity contribution in [3.8, 4) is 0 Å². The Morgan fingerprint density at radius 2 is 2.11 bits per heavy atom. The highest BCUT2D eigenvalue weighted by Crippen LogP contribution is 2.26. The average Bonchev–Trinajstić information content (AvgIpc) is 2.78. The highest BCUT2D eigenvalue weighted by molar-refractivity contribution is 5.27. The van der Waals surface area contributed by atoms with Gasteiger partial charge in [-0.15, -0.1) is 5.10 Å². The summed E-state index contributed by atoms with van der Waals surface area (Å²) in [5.41, 5.74) is 0. The summed E-state index contributed by atoms with van der Waals surface area (Å²) in [4.78, 5) is 2.24. The minimum Gasteiger partial charge on any atom is -0.407 e. The molecule has 0 spiro atoms. The molecule has 1 fully saturated rings. The van der Waals surface area contributed by atoms with Crippen molar-refractivity contribution < 1.29 is 4.42 Å². The van der Waals surface area contributed by atoms with E-state index in [0.29, 0.717) is 36.5 Å². The number of rotatable bonds is 4. The molecule has 2 atom stereocenters. The molecule has 102 valence electrons. The van der Waals surface area contributed by atoms with Crippen molar-refractivity contribution in [3.05, 3.63) is 5.89 Å². The first-order valence-corrected chi connectivity index (χ1v) is 6.88. The molecule has 2 heterocycles. The summed E-state index contributed by atoms with van der Waals surface area (Å²) in [5, 5.41) is 11.6. The van der Waals surface area contributed by atoms with E-state index >= 15 is 0 Å². The van der Waals surface area contributed by atoms with Crippen LogP contribution in [0, 0.1) is 5.92 Å². The van der Waals surface area contributed by atoms with Crippen LogP contribution in [-0.4, -0.2) is 28.8 Å². The van der Waals surface area contributed by atoms with E-state index in [1.54, 1.807) is 0 Å². The van der Waals surface area contributed by atoms with E-state index in [1.807, 2.05) is 0 Å². The summed E-state index contributed by atoms with van der Waals surface area (Å²) in [6.45, 7) is 10.4. The van der Waals surface area contributed by atoms with E-state index in [2.05, 4.69) is 48.1 Å². The fourth-order valence-electron chi connectivity index (χ4n) is 2.28. The molecule has 1 aromatic heterocycles. The summed E-state index contributed by atoms with van der Waals surface area (Å²) < 4.78 is 5.73. The Hall–Kier alpha value is -1.10. The van der Waals surface area contributed by atoms with Crippen LogP contribution in [0.5, 0.6) is 0 Å². The van der Waals surface area contributed by atoms with Gasteiger partial charge in [-0.3, -0.25) is 0 Å². The minimum atomic E-state index is 0.425. The Kier molecular flexibility index (Phi) is 4.22. The molecular formula is C13H24N4O. The third-order valence-corrected chi connectivity index (χ3v) is 3.48. The SMILES string of the molecule is CC1CCC(C)N(c2nnc(CNC(C)C)o2)C1. The Labute approximate surface area is 109 Å². The highest BCUT2D eigenvalue weighted by atomic mass is 16.4. The monoisotopic (exact) mass is 252 g/mol. The standard InChI is InChI=1S/C13H24N4O/c1-9(2)14-7-12-15-16-13(18-12)17-8-10(3)5-6-11(17)4/h9-11,14H,5-8H2,1-4H3. The van der Waals surface area contributed by atoms with Crippen LogP contribution in [0.4, 0.5) is 6.01 Å². The van der Waals surface area contributed by atoms with Gasteiger partial charge in [-0.05, 0) is 25.7 Å². The predicted molar refractivity (Wildman–Crippen MR) is 71.5 cm³/mol. The zero-order chi connectivity index (χ0) is 13.1. The van der Waals surface area contributed by atoms with E-state index in [1.165, 1.54) is 12.8 Å². The molecule has 1 aromatic rings. The molecule has 1 aliphatic rings. The first kappa shape index (κ1) is 13.3. The lowest BCUT2D eigenvalue weighted by Crippen LogP contribution is -2.41. The third kappa shape index (κ3) is 3.22. The first-order valence-electron chi connectivity index (χ1n) is 6.88. The van der Waals surface area contributed by atoms with Gasteiger partial charge in [0.05, 0.1) is 6.54 Å². The molecule has 1 saturated heterocycles. The van der Waals surface area contributed by atoms with Crippen LogP contribution in [0.3, 0.4) is 0 Å². The van der Waals surface area contributed by atoms with E-state index in [9.17, 15) is 0 Å². The van der Waals surface area contributed by atoms with Gasteiger partial charge in [0.2, 0.25) is 5.89 Å². The number of hydrogen-bond donors (Lipinski definition) is 1. The van der Waals surface area contributed by atoms with Crippen LogP contribution in [-0.2, 0) is 6.54 Å². The molecule has 18 heavy (non-hydrogen) atoms. The first-order chi connectivity index (χ1) is 8.56. The van der Waals surface area contributed by atoms with Crippen LogP contribution in [0.1, 0.15) is 46.4 Å². The zero-order valence-corrected chi connectivity index (χ0v) is 11.8. The molecule has 0 aromatic carbocycles. The van der Waals surface area contributed by atoms with Gasteiger partial charge in [0.15, 0.2) is 0 Å². The van der Waals surface area contributed by atoms with Crippen LogP contribution >= 0.6 is 0 Å². The molecular weight excluding hydrogens is 228 g/mol. The van der Waals surface area contributed by atoms with Crippen molar-refractivity contribution in [2.24, 2.45) is 5.92 Å². The molecule has 5 nitrogen and oxygen atoms in total. The van der Waals surface area contributed by atoms with Crippen LogP contribution in [0.15, 0.2) is 4.42 Å². The Balaban J connectivity index is 1.99. The van der Waals surface area contributed by atoms with Gasteiger partial charge in [-0.1, -0.05) is 25.9 Å². The third-order valence-electron chi connectivity index (χ3n) is 3.48. The second-order valence-corrected chi connectivity index (χ2v) is 5.70. The van der Waals surface area contributed by atoms with Gasteiger partial charge in [0, 0.05) is 18.6 Å². The van der Waals surface area contributed by atoms with E-state index < -0.39 is 0 Å². The van der Waals surface area contributed by atoms with Gasteiger partial charge in [-0.25, -0.2) is 0 Å². The van der Waals surface area contributed by atoms with Crippen LogP contribution in [0.2, 0.25) is 0 Å². The lowest BCUT2D eigenvalue weighted by molar-refractivity contribution is 0.358. The number of nitrogens with one attached hydrogen (secondary N) is 1. The minimum absolute atomic E-state index is 0.425. The molecule has 2 rings (SSSR count). The smallest absolute Gasteiger partial charge is 0.318 e. The Bertz CT molecular complexity index is 377. The maximum Gasteiger partial charge on any atom is 0.318 e. The van der Waals surface area contributed by atoms with Crippen molar-refractivity contribution in [2.75, 3.05) is 11.4 Å². The Morgan fingerprint density at radius 3 is 2.83 bits per heavy atom. The van der Waals surface area contributed by atoms with Gasteiger partial charge >= 0.3 is 6.01 Å². The summed E-state index contributed by atoms with van der Waals surface area (Å²) in [5.74, 6) is 1.37. The fraction of sp³-hybridized carbons (Fsp3) is 0.846. The van der Waals surface area contributed by atoms with Gasteiger partial charge in [-0.2, -0.15) is 0 Å². The zero-order valence-electron chi connectivity index (χ0n) is 11.8. The van der Waals surface area contributed by atoms with Crippen LogP contribution in [0.25, 0.3) is 0 Å². The molecule has 0 radical (unpaired) electrons. The van der Waals surface area contributed by atoms with Gasteiger partial charge < -0.3 is 14.6 Å². The molecule has 2 unspecified atom stereocenters. The maximum absolute atomic E-state index is 5.73. The molecule has 5 heteroatoms. The van der Waals surface area contributed by atoms with Crippen molar-refractivity contribution >= 4 is 6.01 Å². The van der Waals surface area contributed by atoms with E-state index in [0.717, 1.165) is 6.54 Å². The summed E-state index contributed by atoms with van der Waals surface area (Å²) in [6.07, 6.45) is 2.48. The lowest BCUT2D eigenvalue weighted by atomic mass is 9.96. The highest BCUT2D eigenvalue weighted by Gasteiger charge is 2.26. The molecule has 0 saturated carbocycles. The maximum atomic E-state index is 5.73. The quantitative estimate of drug-likeness (QED) is 0.890. The van der Waals surface area contributed by atoms with Crippen molar-refractivity contribution in [1.29, 1.82) is 0 Å². The fourth-order valence-corrected chi connectivity index (χ4v) is 2.28. The van der Waals surface area contributed by atoms with Crippen molar-refractivity contribution in [1.82, 2.24) is 15.5 Å². The number of aromatic nitrogens is 2. The van der Waals surface area contributed by atoms with Gasteiger partial charge in [0.1, 0.15) is 0 Å². The molecule has 1 N–H and O–H groups in total. The topological polar surface area (TPSA) is 54.2 Å². The molecule has 1 aliphatic heterocycles. The average molecular weight is 252 g/mol. The van der Waals surface area contributed by atoms with Crippen molar-refractivity contribution in [2.45, 2.75) is 59.2 Å². The molecule has 0 bridgehead atoms. The second kappa shape index (κ2) is 5.69. The summed E-state index contributed by atoms with van der Waals surface area (Å²) in [6, 6.07) is 1.59. The summed E-state index contributed by atoms with van der Waals surface area (Å²) in [7, 11) is 0. The summed E-state index contributed by atoms with van der Waals surface area (Å²) >= 11 is 0.